The summed E-state index contributed by atoms with van der Waals surface area (Å²) >= 11 is 1.08. The van der Waals surface area contributed by atoms with E-state index in [0.29, 0.717) is 21.5 Å². The molecule has 30 heavy (non-hydrogen) atoms. The van der Waals surface area contributed by atoms with Gasteiger partial charge in [-0.15, -0.1) is 11.3 Å². The van der Waals surface area contributed by atoms with Crippen molar-refractivity contribution < 1.29 is 13.5 Å². The van der Waals surface area contributed by atoms with Crippen LogP contribution in [0.2, 0.25) is 0 Å². The number of aliphatic hydroxyl groups excluding tert-OH is 1. The van der Waals surface area contributed by atoms with Crippen molar-refractivity contribution in [3.63, 3.8) is 0 Å². The van der Waals surface area contributed by atoms with Gasteiger partial charge in [-0.25, -0.2) is 18.1 Å². The quantitative estimate of drug-likeness (QED) is 0.505. The van der Waals surface area contributed by atoms with Gasteiger partial charge in [0, 0.05) is 16.5 Å². The van der Waals surface area contributed by atoms with Gasteiger partial charge < -0.3 is 5.11 Å². The summed E-state index contributed by atoms with van der Waals surface area (Å²) in [5, 5.41) is 16.1. The maximum absolute atomic E-state index is 12.9. The zero-order valence-electron chi connectivity index (χ0n) is 16.2. The van der Waals surface area contributed by atoms with E-state index in [1.54, 1.807) is 0 Å². The topological polar surface area (TPSA) is 115 Å². The van der Waals surface area contributed by atoms with Crippen molar-refractivity contribution in [1.29, 1.82) is 0 Å². The summed E-state index contributed by atoms with van der Waals surface area (Å²) in [5.74, 6) is 0. The van der Waals surface area contributed by atoms with Gasteiger partial charge in [0.2, 0.25) is 9.84 Å². The Labute approximate surface area is 176 Å². The monoisotopic (exact) mass is 442 g/mol. The Kier molecular flexibility index (Phi) is 5.22. The van der Waals surface area contributed by atoms with Crippen LogP contribution in [0.25, 0.3) is 10.8 Å². The zero-order chi connectivity index (χ0) is 21.5. The number of hydrogen-bond acceptors (Lipinski definition) is 8. The van der Waals surface area contributed by atoms with E-state index in [1.165, 1.54) is 41.4 Å². The number of thiazole rings is 1. The second-order valence-electron chi connectivity index (χ2n) is 6.83. The van der Waals surface area contributed by atoms with Crippen LogP contribution in [0.15, 0.2) is 62.7 Å². The Hall–Kier alpha value is -2.95. The molecule has 1 atom stereocenters. The molecular weight excluding hydrogens is 424 g/mol. The molecule has 0 aliphatic rings. The third kappa shape index (κ3) is 3.76. The third-order valence-electron chi connectivity index (χ3n) is 4.53. The van der Waals surface area contributed by atoms with E-state index in [-0.39, 0.29) is 22.0 Å². The molecule has 1 aromatic carbocycles. The van der Waals surface area contributed by atoms with Crippen LogP contribution >= 0.6 is 11.3 Å². The molecule has 0 unspecified atom stereocenters. The highest BCUT2D eigenvalue weighted by Crippen LogP contribution is 2.27. The number of nitrogens with zero attached hydrogens (tertiary/aromatic N) is 4. The number of aliphatic hydroxyl groups is 1. The standard InChI is InChI=1S/C20H18N4O4S2/c1-12-4-3-5-15(22-12)10-24-20(26)17-7-6-16(8-14(17)9-21-24)30(27,28)18-11-29-19(23-18)13(2)25/h3-9,11,13,25H,10H2,1-2H3/t13-/m1/s1. The summed E-state index contributed by atoms with van der Waals surface area (Å²) in [5.41, 5.74) is 1.22. The SMILES string of the molecule is Cc1cccc(Cn2ncc3cc(S(=O)(=O)c4csc([C@@H](C)O)n4)ccc3c2=O)n1. The van der Waals surface area contributed by atoms with Crippen molar-refractivity contribution in [2.45, 2.75) is 36.4 Å². The molecule has 0 amide bonds. The van der Waals surface area contributed by atoms with Crippen LogP contribution in [-0.4, -0.2) is 33.3 Å². The van der Waals surface area contributed by atoms with E-state index in [2.05, 4.69) is 15.1 Å². The maximum atomic E-state index is 12.9. The highest BCUT2D eigenvalue weighted by atomic mass is 32.2. The summed E-state index contributed by atoms with van der Waals surface area (Å²) in [6.07, 6.45) is 0.620. The van der Waals surface area contributed by atoms with E-state index < -0.39 is 15.9 Å². The highest BCUT2D eigenvalue weighted by molar-refractivity contribution is 7.91. The van der Waals surface area contributed by atoms with Crippen LogP contribution in [0.3, 0.4) is 0 Å². The van der Waals surface area contributed by atoms with Gasteiger partial charge >= 0.3 is 0 Å². The fourth-order valence-corrected chi connectivity index (χ4v) is 5.32. The predicted octanol–water partition coefficient (Wildman–Crippen LogP) is 2.49. The molecule has 0 spiro atoms. The molecule has 0 radical (unpaired) electrons. The second-order valence-corrected chi connectivity index (χ2v) is 9.62. The summed E-state index contributed by atoms with van der Waals surface area (Å²) in [4.78, 5) is 21.2. The molecule has 0 aliphatic carbocycles. The Morgan fingerprint density at radius 1 is 1.20 bits per heavy atom. The zero-order valence-corrected chi connectivity index (χ0v) is 17.8. The minimum Gasteiger partial charge on any atom is -0.386 e. The maximum Gasteiger partial charge on any atom is 0.274 e. The first-order chi connectivity index (χ1) is 14.3. The van der Waals surface area contributed by atoms with Gasteiger partial charge in [-0.2, -0.15) is 5.10 Å². The molecule has 3 heterocycles. The lowest BCUT2D eigenvalue weighted by atomic mass is 10.2. The molecule has 0 saturated heterocycles. The Morgan fingerprint density at radius 2 is 2.00 bits per heavy atom. The average molecular weight is 443 g/mol. The molecule has 8 nitrogen and oxygen atoms in total. The number of fused-ring (bicyclic) bond motifs is 1. The van der Waals surface area contributed by atoms with Crippen molar-refractivity contribution >= 4 is 31.9 Å². The van der Waals surface area contributed by atoms with Crippen LogP contribution in [0.1, 0.15) is 29.4 Å². The molecule has 154 valence electrons. The summed E-state index contributed by atoms with van der Waals surface area (Å²) in [6.45, 7) is 3.61. The van der Waals surface area contributed by atoms with Gasteiger partial charge in [-0.3, -0.25) is 9.78 Å². The Balaban J connectivity index is 1.72. The molecule has 1 N–H and O–H groups in total. The van der Waals surface area contributed by atoms with E-state index in [1.807, 2.05) is 25.1 Å². The lowest BCUT2D eigenvalue weighted by molar-refractivity contribution is 0.198. The largest absolute Gasteiger partial charge is 0.386 e. The van der Waals surface area contributed by atoms with Crippen molar-refractivity contribution in [3.05, 3.63) is 74.7 Å². The number of aromatic nitrogens is 4. The minimum atomic E-state index is -3.88. The average Bonchev–Trinajstić information content (AvgIpc) is 3.21. The summed E-state index contributed by atoms with van der Waals surface area (Å²) in [6, 6.07) is 9.83. The first-order valence-corrected chi connectivity index (χ1v) is 11.4. The van der Waals surface area contributed by atoms with E-state index in [0.717, 1.165) is 17.0 Å². The van der Waals surface area contributed by atoms with Gasteiger partial charge in [-0.1, -0.05) is 6.07 Å². The summed E-state index contributed by atoms with van der Waals surface area (Å²) < 4.78 is 27.1. The van der Waals surface area contributed by atoms with Crippen LogP contribution in [-0.2, 0) is 16.4 Å². The molecule has 10 heteroatoms. The number of hydrogen-bond donors (Lipinski definition) is 1. The lowest BCUT2D eigenvalue weighted by Gasteiger charge is -2.08. The molecular formula is C20H18N4O4S2. The second kappa shape index (κ2) is 7.71. The van der Waals surface area contributed by atoms with Crippen LogP contribution in [0.4, 0.5) is 0 Å². The normalized spacial score (nSPS) is 12.9. The first-order valence-electron chi connectivity index (χ1n) is 9.07. The van der Waals surface area contributed by atoms with Crippen molar-refractivity contribution in [1.82, 2.24) is 19.7 Å². The van der Waals surface area contributed by atoms with Crippen LogP contribution in [0, 0.1) is 6.92 Å². The number of aryl methyl sites for hydroxylation is 1. The van der Waals surface area contributed by atoms with E-state index >= 15 is 0 Å². The van der Waals surface area contributed by atoms with Gasteiger partial charge in [0.15, 0.2) is 5.03 Å². The van der Waals surface area contributed by atoms with Crippen LogP contribution in [0.5, 0.6) is 0 Å². The molecule has 0 aliphatic heterocycles. The predicted molar refractivity (Wildman–Crippen MR) is 112 cm³/mol. The Morgan fingerprint density at radius 3 is 2.70 bits per heavy atom. The molecule has 0 bridgehead atoms. The molecule has 3 aromatic heterocycles. The number of pyridine rings is 1. The van der Waals surface area contributed by atoms with Crippen LogP contribution < -0.4 is 5.56 Å². The molecule has 4 aromatic rings. The number of benzene rings is 1. The third-order valence-corrected chi connectivity index (χ3v) is 7.32. The van der Waals surface area contributed by atoms with E-state index in [9.17, 15) is 18.3 Å². The van der Waals surface area contributed by atoms with Crippen molar-refractivity contribution in [3.8, 4) is 0 Å². The van der Waals surface area contributed by atoms with Gasteiger partial charge in [0.25, 0.3) is 5.56 Å². The lowest BCUT2D eigenvalue weighted by Crippen LogP contribution is -2.23. The van der Waals surface area contributed by atoms with Gasteiger partial charge in [0.05, 0.1) is 28.7 Å². The van der Waals surface area contributed by atoms with Gasteiger partial charge in [-0.05, 0) is 44.2 Å². The van der Waals surface area contributed by atoms with Crippen molar-refractivity contribution in [2.24, 2.45) is 0 Å². The van der Waals surface area contributed by atoms with E-state index in [4.69, 9.17) is 0 Å². The number of rotatable bonds is 5. The molecule has 4 rings (SSSR count). The molecule has 0 fully saturated rings. The first kappa shape index (κ1) is 20.3. The highest BCUT2D eigenvalue weighted by Gasteiger charge is 2.23. The number of sulfone groups is 1. The summed E-state index contributed by atoms with van der Waals surface area (Å²) in [7, 11) is -3.88. The molecule has 0 saturated carbocycles. The fourth-order valence-electron chi connectivity index (χ4n) is 2.99. The smallest absolute Gasteiger partial charge is 0.274 e. The minimum absolute atomic E-state index is 0.0109. The Bertz CT molecular complexity index is 1410. The van der Waals surface area contributed by atoms with Gasteiger partial charge in [0.1, 0.15) is 11.1 Å². The van der Waals surface area contributed by atoms with Crippen molar-refractivity contribution in [2.75, 3.05) is 0 Å². The fraction of sp³-hybridized carbons (Fsp3) is 0.200.